The van der Waals surface area contributed by atoms with Crippen molar-refractivity contribution in [3.05, 3.63) is 39.4 Å². The number of nitro groups is 1. The molecule has 0 bridgehead atoms. The Morgan fingerprint density at radius 1 is 1.59 bits per heavy atom. The Bertz CT molecular complexity index is 505. The van der Waals surface area contributed by atoms with Crippen LogP contribution in [0.15, 0.2) is 18.2 Å². The molecule has 0 radical (unpaired) electrons. The van der Waals surface area contributed by atoms with Crippen molar-refractivity contribution >= 4 is 11.6 Å². The van der Waals surface area contributed by atoms with Gasteiger partial charge < -0.3 is 4.90 Å². The van der Waals surface area contributed by atoms with Gasteiger partial charge in [-0.05, 0) is 13.0 Å². The first kappa shape index (κ1) is 12.6. The summed E-state index contributed by atoms with van der Waals surface area (Å²) in [5, 5.41) is 19.2. The van der Waals surface area contributed by atoms with Crippen molar-refractivity contribution < 1.29 is 9.72 Å². The second-order valence-electron chi connectivity index (χ2n) is 3.53. The number of carbonyl (C=O) groups excluding carboxylic acids is 1. The first-order valence-corrected chi connectivity index (χ1v) is 4.85. The number of amides is 1. The van der Waals surface area contributed by atoms with Gasteiger partial charge in [-0.2, -0.15) is 5.26 Å². The number of nitrogens with zero attached hydrogens (tertiary/aromatic N) is 3. The van der Waals surface area contributed by atoms with Crippen LogP contribution in [0.4, 0.5) is 5.69 Å². The lowest BCUT2D eigenvalue weighted by molar-refractivity contribution is -0.385. The Kier molecular flexibility index (Phi) is 3.78. The molecule has 0 aliphatic rings. The molecule has 0 saturated carbocycles. The molecule has 0 atom stereocenters. The van der Waals surface area contributed by atoms with Crippen LogP contribution in [0.2, 0.25) is 0 Å². The molecule has 88 valence electrons. The molecule has 0 saturated heterocycles. The normalized spacial score (nSPS) is 9.47. The number of nitriles is 1. The molecule has 0 aliphatic heterocycles. The first-order chi connectivity index (χ1) is 7.99. The average molecular weight is 233 g/mol. The second-order valence-corrected chi connectivity index (χ2v) is 3.53. The van der Waals surface area contributed by atoms with Crippen molar-refractivity contribution in [2.45, 2.75) is 6.92 Å². The fourth-order valence-corrected chi connectivity index (χ4v) is 1.44. The van der Waals surface area contributed by atoms with E-state index in [1.807, 2.05) is 6.07 Å². The quantitative estimate of drug-likeness (QED) is 0.449. The highest BCUT2D eigenvalue weighted by Gasteiger charge is 2.19. The van der Waals surface area contributed by atoms with Crippen molar-refractivity contribution in [3.63, 3.8) is 0 Å². The molecular formula is C11H11N3O3. The van der Waals surface area contributed by atoms with Crippen LogP contribution < -0.4 is 0 Å². The Hall–Kier alpha value is -2.42. The number of hydrogen-bond donors (Lipinski definition) is 0. The van der Waals surface area contributed by atoms with E-state index in [4.69, 9.17) is 5.26 Å². The molecule has 0 heterocycles. The highest BCUT2D eigenvalue weighted by atomic mass is 16.6. The van der Waals surface area contributed by atoms with Crippen LogP contribution in [0.25, 0.3) is 0 Å². The molecule has 1 aromatic rings. The summed E-state index contributed by atoms with van der Waals surface area (Å²) in [4.78, 5) is 23.3. The van der Waals surface area contributed by atoms with E-state index in [9.17, 15) is 14.9 Å². The summed E-state index contributed by atoms with van der Waals surface area (Å²) in [7, 11) is 1.48. The van der Waals surface area contributed by atoms with Crippen LogP contribution in [-0.4, -0.2) is 29.3 Å². The van der Waals surface area contributed by atoms with Crippen molar-refractivity contribution in [2.75, 3.05) is 13.6 Å². The molecule has 17 heavy (non-hydrogen) atoms. The summed E-state index contributed by atoms with van der Waals surface area (Å²) in [6.07, 6.45) is 0. The minimum atomic E-state index is -0.531. The number of hydrogen-bond acceptors (Lipinski definition) is 4. The Labute approximate surface area is 98.2 Å². The highest BCUT2D eigenvalue weighted by molar-refractivity contribution is 5.96. The number of rotatable bonds is 3. The minimum Gasteiger partial charge on any atom is -0.328 e. The molecular weight excluding hydrogens is 222 g/mol. The third-order valence-corrected chi connectivity index (χ3v) is 2.39. The van der Waals surface area contributed by atoms with Crippen molar-refractivity contribution in [2.24, 2.45) is 0 Å². The van der Waals surface area contributed by atoms with Crippen LogP contribution >= 0.6 is 0 Å². The summed E-state index contributed by atoms with van der Waals surface area (Å²) >= 11 is 0. The molecule has 0 aromatic heterocycles. The lowest BCUT2D eigenvalue weighted by Crippen LogP contribution is -2.27. The summed E-state index contributed by atoms with van der Waals surface area (Å²) in [5.41, 5.74) is 0.463. The standard InChI is InChI=1S/C11H11N3O3/c1-8-9(11(15)13(2)7-6-12)4-3-5-10(8)14(16)17/h3-5H,7H2,1-2H3. The van der Waals surface area contributed by atoms with Gasteiger partial charge in [0.1, 0.15) is 6.54 Å². The second kappa shape index (κ2) is 5.07. The zero-order valence-corrected chi connectivity index (χ0v) is 9.51. The van der Waals surface area contributed by atoms with E-state index in [0.717, 1.165) is 0 Å². The fourth-order valence-electron chi connectivity index (χ4n) is 1.44. The van der Waals surface area contributed by atoms with Gasteiger partial charge in [0.05, 0.1) is 11.0 Å². The Balaban J connectivity index is 3.16. The lowest BCUT2D eigenvalue weighted by Gasteiger charge is -2.14. The monoisotopic (exact) mass is 233 g/mol. The average Bonchev–Trinajstić information content (AvgIpc) is 2.28. The topological polar surface area (TPSA) is 87.2 Å². The van der Waals surface area contributed by atoms with E-state index in [2.05, 4.69) is 0 Å². The fraction of sp³-hybridized carbons (Fsp3) is 0.273. The maximum Gasteiger partial charge on any atom is 0.273 e. The van der Waals surface area contributed by atoms with Crippen molar-refractivity contribution in [1.29, 1.82) is 5.26 Å². The number of nitro benzene ring substituents is 1. The lowest BCUT2D eigenvalue weighted by atomic mass is 10.1. The Morgan fingerprint density at radius 3 is 2.76 bits per heavy atom. The molecule has 6 nitrogen and oxygen atoms in total. The predicted octanol–water partition coefficient (Wildman–Crippen LogP) is 1.50. The molecule has 1 rings (SSSR count). The predicted molar refractivity (Wildman–Crippen MR) is 60.4 cm³/mol. The van der Waals surface area contributed by atoms with Gasteiger partial charge in [-0.15, -0.1) is 0 Å². The van der Waals surface area contributed by atoms with Crippen molar-refractivity contribution in [3.8, 4) is 6.07 Å². The van der Waals surface area contributed by atoms with Crippen molar-refractivity contribution in [1.82, 2.24) is 4.90 Å². The number of benzene rings is 1. The van der Waals surface area contributed by atoms with Gasteiger partial charge >= 0.3 is 0 Å². The SMILES string of the molecule is Cc1c(C(=O)N(C)CC#N)cccc1[N+](=O)[O-]. The summed E-state index contributed by atoms with van der Waals surface area (Å²) in [5.74, 6) is -0.396. The van der Waals surface area contributed by atoms with E-state index < -0.39 is 10.8 Å². The van der Waals surface area contributed by atoms with E-state index in [-0.39, 0.29) is 17.8 Å². The Morgan fingerprint density at radius 2 is 2.24 bits per heavy atom. The molecule has 0 aliphatic carbocycles. The first-order valence-electron chi connectivity index (χ1n) is 4.85. The zero-order chi connectivity index (χ0) is 13.0. The zero-order valence-electron chi connectivity index (χ0n) is 9.51. The largest absolute Gasteiger partial charge is 0.328 e. The van der Waals surface area contributed by atoms with E-state index >= 15 is 0 Å². The van der Waals surface area contributed by atoms with Crippen LogP contribution in [0, 0.1) is 28.4 Å². The van der Waals surface area contributed by atoms with Crippen LogP contribution in [0.3, 0.4) is 0 Å². The number of carbonyl (C=O) groups is 1. The molecule has 1 amide bonds. The molecule has 0 spiro atoms. The third kappa shape index (κ3) is 2.58. The van der Waals surface area contributed by atoms with Crippen LogP contribution in [0.1, 0.15) is 15.9 Å². The van der Waals surface area contributed by atoms with Crippen LogP contribution in [-0.2, 0) is 0 Å². The van der Waals surface area contributed by atoms with Gasteiger partial charge in [0.15, 0.2) is 0 Å². The molecule has 6 heteroatoms. The van der Waals surface area contributed by atoms with Gasteiger partial charge in [-0.3, -0.25) is 14.9 Å². The maximum atomic E-state index is 11.9. The molecule has 0 unspecified atom stereocenters. The van der Waals surface area contributed by atoms with Gasteiger partial charge in [0.25, 0.3) is 11.6 Å². The van der Waals surface area contributed by atoms with E-state index in [1.54, 1.807) is 0 Å². The van der Waals surface area contributed by atoms with Crippen LogP contribution in [0.5, 0.6) is 0 Å². The highest BCUT2D eigenvalue weighted by Crippen LogP contribution is 2.21. The van der Waals surface area contributed by atoms with Gasteiger partial charge in [-0.1, -0.05) is 6.07 Å². The van der Waals surface area contributed by atoms with E-state index in [1.165, 1.54) is 37.1 Å². The van der Waals surface area contributed by atoms with Gasteiger partial charge in [0.2, 0.25) is 0 Å². The third-order valence-electron chi connectivity index (χ3n) is 2.39. The molecule has 1 aromatic carbocycles. The molecule has 0 N–H and O–H groups in total. The van der Waals surface area contributed by atoms with E-state index in [0.29, 0.717) is 5.56 Å². The smallest absolute Gasteiger partial charge is 0.273 e. The van der Waals surface area contributed by atoms with Gasteiger partial charge in [0, 0.05) is 24.2 Å². The summed E-state index contributed by atoms with van der Waals surface area (Å²) < 4.78 is 0. The molecule has 0 fully saturated rings. The maximum absolute atomic E-state index is 11.9. The summed E-state index contributed by atoms with van der Waals surface area (Å²) in [6, 6.07) is 6.16. The van der Waals surface area contributed by atoms with Gasteiger partial charge in [-0.25, -0.2) is 0 Å². The minimum absolute atomic E-state index is 0.0546. The summed E-state index contributed by atoms with van der Waals surface area (Å²) in [6.45, 7) is 1.46.